The molecular formula is C18H20N2O4. The molecule has 0 aliphatic carbocycles. The largest absolute Gasteiger partial charge is 0.494 e. The predicted molar refractivity (Wildman–Crippen MR) is 92.4 cm³/mol. The molecule has 0 bridgehead atoms. The number of hydrogen-bond acceptors (Lipinski definition) is 4. The molecule has 2 aromatic carbocycles. The highest BCUT2D eigenvalue weighted by Gasteiger charge is 2.15. The summed E-state index contributed by atoms with van der Waals surface area (Å²) in [5.74, 6) is 0.587. The highest BCUT2D eigenvalue weighted by molar-refractivity contribution is 5.92. The van der Waals surface area contributed by atoms with E-state index in [9.17, 15) is 14.9 Å². The van der Waals surface area contributed by atoms with E-state index in [0.717, 1.165) is 11.3 Å². The molecule has 1 N–H and O–H groups in total. The fourth-order valence-corrected chi connectivity index (χ4v) is 2.42. The van der Waals surface area contributed by atoms with Crippen molar-refractivity contribution in [3.63, 3.8) is 0 Å². The Morgan fingerprint density at radius 2 is 1.96 bits per heavy atom. The summed E-state index contributed by atoms with van der Waals surface area (Å²) < 4.78 is 5.54. The molecule has 1 amide bonds. The van der Waals surface area contributed by atoms with E-state index in [1.165, 1.54) is 6.07 Å². The fraction of sp³-hybridized carbons (Fsp3) is 0.278. The lowest BCUT2D eigenvalue weighted by molar-refractivity contribution is -0.385. The fourth-order valence-electron chi connectivity index (χ4n) is 2.42. The molecule has 0 fully saturated rings. The minimum atomic E-state index is -0.455. The number of carbonyl (C=O) groups is 1. The summed E-state index contributed by atoms with van der Waals surface area (Å²) >= 11 is 0. The minimum absolute atomic E-state index is 0.00510. The van der Waals surface area contributed by atoms with Crippen LogP contribution < -0.4 is 10.1 Å². The number of aryl methyl sites for hydroxylation is 1. The van der Waals surface area contributed by atoms with Gasteiger partial charge in [0.15, 0.2) is 0 Å². The molecule has 2 aromatic rings. The molecule has 126 valence electrons. The number of amides is 1. The molecule has 0 atom stereocenters. The van der Waals surface area contributed by atoms with Crippen molar-refractivity contribution >= 4 is 17.3 Å². The van der Waals surface area contributed by atoms with Crippen LogP contribution in [-0.4, -0.2) is 17.4 Å². The molecule has 0 aromatic heterocycles. The number of para-hydroxylation sites is 1. The molecule has 0 spiro atoms. The first-order valence-corrected chi connectivity index (χ1v) is 7.77. The summed E-state index contributed by atoms with van der Waals surface area (Å²) in [7, 11) is 0. The van der Waals surface area contributed by atoms with E-state index in [4.69, 9.17) is 4.74 Å². The van der Waals surface area contributed by atoms with Gasteiger partial charge in [0.1, 0.15) is 5.75 Å². The van der Waals surface area contributed by atoms with Crippen molar-refractivity contribution in [2.75, 3.05) is 11.9 Å². The van der Waals surface area contributed by atoms with Gasteiger partial charge in [0, 0.05) is 12.5 Å². The van der Waals surface area contributed by atoms with E-state index in [2.05, 4.69) is 5.32 Å². The zero-order valence-electron chi connectivity index (χ0n) is 13.7. The Hall–Kier alpha value is -2.89. The van der Waals surface area contributed by atoms with Gasteiger partial charge in [0.25, 0.3) is 5.69 Å². The second-order valence-electron chi connectivity index (χ2n) is 5.30. The maximum Gasteiger partial charge on any atom is 0.274 e. The predicted octanol–water partition coefficient (Wildman–Crippen LogP) is 3.87. The Labute approximate surface area is 140 Å². The van der Waals surface area contributed by atoms with Crippen LogP contribution in [0.3, 0.4) is 0 Å². The van der Waals surface area contributed by atoms with Gasteiger partial charge in [0.2, 0.25) is 5.91 Å². The van der Waals surface area contributed by atoms with Crippen molar-refractivity contribution in [2.45, 2.75) is 26.7 Å². The summed E-state index contributed by atoms with van der Waals surface area (Å²) in [6.07, 6.45) is 0.808. The molecule has 0 saturated heterocycles. The molecule has 0 saturated carbocycles. The first-order valence-electron chi connectivity index (χ1n) is 7.77. The van der Waals surface area contributed by atoms with Crippen molar-refractivity contribution < 1.29 is 14.5 Å². The number of rotatable bonds is 7. The number of nitrogens with zero attached hydrogens (tertiary/aromatic N) is 1. The molecule has 0 unspecified atom stereocenters. The third-order valence-electron chi connectivity index (χ3n) is 3.67. The van der Waals surface area contributed by atoms with E-state index < -0.39 is 4.92 Å². The Morgan fingerprint density at radius 1 is 1.21 bits per heavy atom. The number of anilines is 1. The van der Waals surface area contributed by atoms with Gasteiger partial charge in [-0.3, -0.25) is 14.9 Å². The Kier molecular flexibility index (Phi) is 5.89. The SMILES string of the molecule is CCOc1ccccc1CCC(=O)Nc1cccc([N+](=O)[O-])c1C. The van der Waals surface area contributed by atoms with Gasteiger partial charge in [-0.15, -0.1) is 0 Å². The lowest BCUT2D eigenvalue weighted by Crippen LogP contribution is -2.14. The Balaban J connectivity index is 2.02. The van der Waals surface area contributed by atoms with Crippen LogP contribution in [0.25, 0.3) is 0 Å². The van der Waals surface area contributed by atoms with E-state index in [1.807, 2.05) is 31.2 Å². The monoisotopic (exact) mass is 328 g/mol. The van der Waals surface area contributed by atoms with Crippen LogP contribution in [-0.2, 0) is 11.2 Å². The number of nitro benzene ring substituents is 1. The maximum atomic E-state index is 12.2. The van der Waals surface area contributed by atoms with E-state index >= 15 is 0 Å². The van der Waals surface area contributed by atoms with Crippen molar-refractivity contribution in [3.05, 3.63) is 63.7 Å². The van der Waals surface area contributed by atoms with Crippen LogP contribution in [0.1, 0.15) is 24.5 Å². The van der Waals surface area contributed by atoms with Gasteiger partial charge in [-0.25, -0.2) is 0 Å². The minimum Gasteiger partial charge on any atom is -0.494 e. The summed E-state index contributed by atoms with van der Waals surface area (Å²) in [5.41, 5.74) is 1.87. The van der Waals surface area contributed by atoms with E-state index in [1.54, 1.807) is 19.1 Å². The van der Waals surface area contributed by atoms with Crippen molar-refractivity contribution in [3.8, 4) is 5.75 Å². The molecular weight excluding hydrogens is 308 g/mol. The van der Waals surface area contributed by atoms with Crippen LogP contribution in [0.4, 0.5) is 11.4 Å². The van der Waals surface area contributed by atoms with Crippen LogP contribution in [0.5, 0.6) is 5.75 Å². The van der Waals surface area contributed by atoms with Gasteiger partial charge in [-0.1, -0.05) is 24.3 Å². The van der Waals surface area contributed by atoms with Crippen LogP contribution in [0, 0.1) is 17.0 Å². The van der Waals surface area contributed by atoms with Gasteiger partial charge in [-0.2, -0.15) is 0 Å². The normalized spacial score (nSPS) is 10.2. The van der Waals surface area contributed by atoms with Crippen LogP contribution in [0.2, 0.25) is 0 Å². The van der Waals surface area contributed by atoms with Gasteiger partial charge in [-0.05, 0) is 38.0 Å². The molecule has 2 rings (SSSR count). The quantitative estimate of drug-likeness (QED) is 0.618. The molecule has 0 heterocycles. The zero-order valence-corrected chi connectivity index (χ0v) is 13.7. The molecule has 0 aliphatic rings. The highest BCUT2D eigenvalue weighted by Crippen LogP contribution is 2.25. The number of ether oxygens (including phenoxy) is 1. The number of carbonyl (C=O) groups excluding carboxylic acids is 1. The summed E-state index contributed by atoms with van der Waals surface area (Å²) in [6, 6.07) is 12.2. The van der Waals surface area contributed by atoms with E-state index in [0.29, 0.717) is 24.3 Å². The lowest BCUT2D eigenvalue weighted by atomic mass is 10.1. The first-order chi connectivity index (χ1) is 11.5. The average Bonchev–Trinajstić information content (AvgIpc) is 2.56. The van der Waals surface area contributed by atoms with Crippen LogP contribution in [0.15, 0.2) is 42.5 Å². The van der Waals surface area contributed by atoms with Gasteiger partial charge in [0.05, 0.1) is 22.8 Å². The van der Waals surface area contributed by atoms with Gasteiger partial charge >= 0.3 is 0 Å². The van der Waals surface area contributed by atoms with E-state index in [-0.39, 0.29) is 18.0 Å². The summed E-state index contributed by atoms with van der Waals surface area (Å²) in [5, 5.41) is 13.7. The smallest absolute Gasteiger partial charge is 0.274 e. The lowest BCUT2D eigenvalue weighted by Gasteiger charge is -2.11. The molecule has 6 nitrogen and oxygen atoms in total. The van der Waals surface area contributed by atoms with Crippen molar-refractivity contribution in [1.29, 1.82) is 0 Å². The number of benzene rings is 2. The summed E-state index contributed by atoms with van der Waals surface area (Å²) in [6.45, 7) is 4.10. The summed E-state index contributed by atoms with van der Waals surface area (Å²) in [4.78, 5) is 22.7. The second kappa shape index (κ2) is 8.10. The average molecular weight is 328 g/mol. The van der Waals surface area contributed by atoms with Gasteiger partial charge < -0.3 is 10.1 Å². The zero-order chi connectivity index (χ0) is 17.5. The topological polar surface area (TPSA) is 81.5 Å². The number of nitrogens with one attached hydrogen (secondary N) is 1. The molecule has 0 radical (unpaired) electrons. The molecule has 24 heavy (non-hydrogen) atoms. The number of hydrogen-bond donors (Lipinski definition) is 1. The second-order valence-corrected chi connectivity index (χ2v) is 5.30. The third kappa shape index (κ3) is 4.32. The third-order valence-corrected chi connectivity index (χ3v) is 3.67. The van der Waals surface area contributed by atoms with Crippen molar-refractivity contribution in [1.82, 2.24) is 0 Å². The highest BCUT2D eigenvalue weighted by atomic mass is 16.6. The Morgan fingerprint density at radius 3 is 2.67 bits per heavy atom. The maximum absolute atomic E-state index is 12.2. The van der Waals surface area contributed by atoms with Crippen LogP contribution >= 0.6 is 0 Å². The molecule has 6 heteroatoms. The number of nitro groups is 1. The molecule has 0 aliphatic heterocycles. The van der Waals surface area contributed by atoms with Crippen molar-refractivity contribution in [2.24, 2.45) is 0 Å². The standard InChI is InChI=1S/C18H20N2O4/c1-3-24-17-10-5-4-7-14(17)11-12-18(21)19-15-8-6-9-16(13(15)2)20(22)23/h4-10H,3,11-12H2,1-2H3,(H,19,21). The Bertz CT molecular complexity index is 744. The first kappa shape index (κ1) is 17.5.